The smallest absolute Gasteiger partial charge is 0.373 e. The van der Waals surface area contributed by atoms with Crippen LogP contribution in [0.1, 0.15) is 43.4 Å². The number of carbonyl (C=O) groups excluding carboxylic acids is 2. The van der Waals surface area contributed by atoms with Crippen LogP contribution in [0.3, 0.4) is 0 Å². The first-order valence-electron chi connectivity index (χ1n) is 9.44. The predicted octanol–water partition coefficient (Wildman–Crippen LogP) is 4.37. The summed E-state index contributed by atoms with van der Waals surface area (Å²) in [6, 6.07) is 9.04. The molecule has 1 atom stereocenters. The standard InChI is InChI=1S/C22H16F4N4O2/c1-27-17-9-11(5-6-28-17)19-18-15(21(32)30-19)3-2-4-16(18)29-20(31)12-7-13(22(24,25)26)10-14(23)8-12/h2-10,19H,1H3,(H,27,28)(H,29,31)(H,30,32). The van der Waals surface area contributed by atoms with Crippen LogP contribution >= 0.6 is 0 Å². The number of rotatable bonds is 4. The summed E-state index contributed by atoms with van der Waals surface area (Å²) < 4.78 is 52.8. The lowest BCUT2D eigenvalue weighted by Gasteiger charge is -2.17. The fourth-order valence-corrected chi connectivity index (χ4v) is 3.56. The molecule has 2 aromatic carbocycles. The van der Waals surface area contributed by atoms with Crippen molar-refractivity contribution in [2.24, 2.45) is 0 Å². The number of hydrogen-bond acceptors (Lipinski definition) is 4. The van der Waals surface area contributed by atoms with Gasteiger partial charge < -0.3 is 16.0 Å². The number of amides is 2. The molecule has 0 aliphatic carbocycles. The van der Waals surface area contributed by atoms with E-state index < -0.39 is 35.1 Å². The minimum absolute atomic E-state index is 0.219. The Kier molecular flexibility index (Phi) is 5.29. The molecule has 3 N–H and O–H groups in total. The van der Waals surface area contributed by atoms with E-state index in [0.29, 0.717) is 34.6 Å². The van der Waals surface area contributed by atoms with Crippen molar-refractivity contribution in [3.05, 3.63) is 88.4 Å². The van der Waals surface area contributed by atoms with Crippen LogP contribution in [0.4, 0.5) is 29.1 Å². The molecule has 1 aliphatic heterocycles. The zero-order chi connectivity index (χ0) is 23.0. The number of anilines is 2. The van der Waals surface area contributed by atoms with Gasteiger partial charge in [0.15, 0.2) is 0 Å². The Morgan fingerprint density at radius 3 is 2.62 bits per heavy atom. The van der Waals surface area contributed by atoms with Gasteiger partial charge >= 0.3 is 6.18 Å². The average Bonchev–Trinajstić information content (AvgIpc) is 3.10. The van der Waals surface area contributed by atoms with Gasteiger partial charge in [0.05, 0.1) is 11.6 Å². The van der Waals surface area contributed by atoms with Gasteiger partial charge in [0.2, 0.25) is 0 Å². The van der Waals surface area contributed by atoms with Crippen molar-refractivity contribution in [3.8, 4) is 0 Å². The number of fused-ring (bicyclic) bond motifs is 1. The Labute approximate surface area is 179 Å². The van der Waals surface area contributed by atoms with E-state index in [2.05, 4.69) is 20.9 Å². The number of aromatic nitrogens is 1. The Bertz CT molecular complexity index is 1230. The maximum Gasteiger partial charge on any atom is 0.416 e. The van der Waals surface area contributed by atoms with Gasteiger partial charge in [-0.05, 0) is 48.0 Å². The molecule has 1 aromatic heterocycles. The van der Waals surface area contributed by atoms with Gasteiger partial charge in [-0.25, -0.2) is 9.37 Å². The molecule has 3 aromatic rings. The van der Waals surface area contributed by atoms with Gasteiger partial charge in [-0.3, -0.25) is 9.59 Å². The first-order chi connectivity index (χ1) is 15.2. The van der Waals surface area contributed by atoms with Crippen LogP contribution in [0.15, 0.2) is 54.7 Å². The first-order valence-corrected chi connectivity index (χ1v) is 9.44. The van der Waals surface area contributed by atoms with Crippen molar-refractivity contribution < 1.29 is 27.2 Å². The molecule has 6 nitrogen and oxygen atoms in total. The van der Waals surface area contributed by atoms with Crippen molar-refractivity contribution in [2.75, 3.05) is 17.7 Å². The molecule has 2 heterocycles. The van der Waals surface area contributed by atoms with Gasteiger partial charge in [0.1, 0.15) is 11.6 Å². The number of carbonyl (C=O) groups is 2. The van der Waals surface area contributed by atoms with E-state index in [1.165, 1.54) is 12.1 Å². The Morgan fingerprint density at radius 1 is 1.12 bits per heavy atom. The highest BCUT2D eigenvalue weighted by atomic mass is 19.4. The Morgan fingerprint density at radius 2 is 1.91 bits per heavy atom. The third-order valence-electron chi connectivity index (χ3n) is 5.02. The fraction of sp³-hybridized carbons (Fsp3) is 0.136. The molecular weight excluding hydrogens is 428 g/mol. The number of benzene rings is 2. The average molecular weight is 444 g/mol. The summed E-state index contributed by atoms with van der Waals surface area (Å²) in [5.41, 5.74) is -0.102. The highest BCUT2D eigenvalue weighted by Crippen LogP contribution is 2.37. The summed E-state index contributed by atoms with van der Waals surface area (Å²) in [7, 11) is 1.69. The Hall–Kier alpha value is -3.95. The van der Waals surface area contributed by atoms with Crippen LogP contribution in [0.2, 0.25) is 0 Å². The third-order valence-corrected chi connectivity index (χ3v) is 5.02. The Balaban J connectivity index is 1.72. The molecular formula is C22H16F4N4O2. The van der Waals surface area contributed by atoms with E-state index >= 15 is 0 Å². The molecule has 10 heteroatoms. The molecule has 1 aliphatic rings. The third kappa shape index (κ3) is 3.98. The molecule has 2 amide bonds. The number of nitrogens with one attached hydrogen (secondary N) is 3. The number of hydrogen-bond donors (Lipinski definition) is 3. The topological polar surface area (TPSA) is 83.1 Å². The quantitative estimate of drug-likeness (QED) is 0.522. The van der Waals surface area contributed by atoms with Crippen LogP contribution in [0.25, 0.3) is 0 Å². The summed E-state index contributed by atoms with van der Waals surface area (Å²) in [6.45, 7) is 0. The SMILES string of the molecule is CNc1cc(C2NC(=O)c3cccc(NC(=O)c4cc(F)cc(C(F)(F)F)c4)c32)ccn1. The molecule has 4 rings (SSSR count). The zero-order valence-corrected chi connectivity index (χ0v) is 16.5. The molecule has 0 spiro atoms. The van der Waals surface area contributed by atoms with Gasteiger partial charge in [-0.2, -0.15) is 13.2 Å². The molecule has 164 valence electrons. The van der Waals surface area contributed by atoms with Crippen LogP contribution in [0, 0.1) is 5.82 Å². The van der Waals surface area contributed by atoms with Gasteiger partial charge in [0, 0.05) is 35.6 Å². The minimum Gasteiger partial charge on any atom is -0.373 e. The summed E-state index contributed by atoms with van der Waals surface area (Å²) >= 11 is 0. The van der Waals surface area contributed by atoms with E-state index in [1.807, 2.05) is 0 Å². The van der Waals surface area contributed by atoms with Gasteiger partial charge in [-0.1, -0.05) is 6.07 Å². The number of alkyl halides is 3. The van der Waals surface area contributed by atoms with E-state index in [9.17, 15) is 27.2 Å². The summed E-state index contributed by atoms with van der Waals surface area (Å²) in [5, 5.41) is 8.24. The molecule has 0 saturated heterocycles. The van der Waals surface area contributed by atoms with Crippen LogP contribution in [-0.2, 0) is 6.18 Å². The van der Waals surface area contributed by atoms with E-state index in [1.54, 1.807) is 31.4 Å². The number of halogens is 4. The van der Waals surface area contributed by atoms with E-state index in [-0.39, 0.29) is 11.6 Å². The lowest BCUT2D eigenvalue weighted by atomic mass is 9.96. The predicted molar refractivity (Wildman–Crippen MR) is 109 cm³/mol. The summed E-state index contributed by atoms with van der Waals surface area (Å²) in [6.07, 6.45) is -3.25. The minimum atomic E-state index is -4.81. The highest BCUT2D eigenvalue weighted by molar-refractivity contribution is 6.07. The lowest BCUT2D eigenvalue weighted by molar-refractivity contribution is -0.137. The monoisotopic (exact) mass is 444 g/mol. The van der Waals surface area contributed by atoms with Crippen molar-refractivity contribution in [2.45, 2.75) is 12.2 Å². The molecule has 0 bridgehead atoms. The molecule has 0 radical (unpaired) electrons. The second-order valence-corrected chi connectivity index (χ2v) is 7.08. The highest BCUT2D eigenvalue weighted by Gasteiger charge is 2.34. The molecule has 32 heavy (non-hydrogen) atoms. The number of nitrogens with zero attached hydrogens (tertiary/aromatic N) is 1. The fourth-order valence-electron chi connectivity index (χ4n) is 3.56. The first kappa shape index (κ1) is 21.3. The maximum absolute atomic E-state index is 13.7. The summed E-state index contributed by atoms with van der Waals surface area (Å²) in [5.74, 6) is -1.93. The zero-order valence-electron chi connectivity index (χ0n) is 16.5. The number of pyridine rings is 1. The molecule has 1 unspecified atom stereocenters. The second kappa shape index (κ2) is 7.95. The van der Waals surface area contributed by atoms with Crippen molar-refractivity contribution in [1.82, 2.24) is 10.3 Å². The van der Waals surface area contributed by atoms with Gasteiger partial charge in [-0.15, -0.1) is 0 Å². The van der Waals surface area contributed by atoms with E-state index in [0.717, 1.165) is 6.07 Å². The lowest BCUT2D eigenvalue weighted by Crippen LogP contribution is -2.21. The van der Waals surface area contributed by atoms with E-state index in [4.69, 9.17) is 0 Å². The normalized spacial score (nSPS) is 15.2. The second-order valence-electron chi connectivity index (χ2n) is 7.08. The van der Waals surface area contributed by atoms with Crippen LogP contribution < -0.4 is 16.0 Å². The van der Waals surface area contributed by atoms with Crippen molar-refractivity contribution in [3.63, 3.8) is 0 Å². The largest absolute Gasteiger partial charge is 0.416 e. The van der Waals surface area contributed by atoms with Crippen molar-refractivity contribution >= 4 is 23.3 Å². The molecule has 0 saturated carbocycles. The van der Waals surface area contributed by atoms with Crippen LogP contribution in [-0.4, -0.2) is 23.8 Å². The summed E-state index contributed by atoms with van der Waals surface area (Å²) in [4.78, 5) is 29.3. The van der Waals surface area contributed by atoms with Gasteiger partial charge in [0.25, 0.3) is 11.8 Å². The maximum atomic E-state index is 13.7. The van der Waals surface area contributed by atoms with Crippen LogP contribution in [0.5, 0.6) is 0 Å². The van der Waals surface area contributed by atoms with Crippen molar-refractivity contribution in [1.29, 1.82) is 0 Å². The molecule has 0 fully saturated rings.